The van der Waals surface area contributed by atoms with E-state index in [0.29, 0.717) is 11.6 Å². The molecule has 5 heteroatoms. The summed E-state index contributed by atoms with van der Waals surface area (Å²) in [5, 5.41) is 0.665. The van der Waals surface area contributed by atoms with Crippen molar-refractivity contribution >= 4 is 29.1 Å². The minimum Gasteiger partial charge on any atom is -0.271 e. The fourth-order valence-corrected chi connectivity index (χ4v) is 0.988. The van der Waals surface area contributed by atoms with Gasteiger partial charge < -0.3 is 0 Å². The molecule has 0 heterocycles. The molecule has 76 valence electrons. The van der Waals surface area contributed by atoms with Crippen LogP contribution in [-0.4, -0.2) is 11.8 Å². The largest absolute Gasteiger partial charge is 0.271 e. The van der Waals surface area contributed by atoms with Gasteiger partial charge in [0.05, 0.1) is 6.61 Å². The molecular weight excluding hydrogens is 225 g/mol. The van der Waals surface area contributed by atoms with Gasteiger partial charge >= 0.3 is 0 Å². The van der Waals surface area contributed by atoms with Crippen molar-refractivity contribution in [3.05, 3.63) is 34.9 Å². The van der Waals surface area contributed by atoms with Crippen molar-refractivity contribution in [1.82, 2.24) is 5.48 Å². The Morgan fingerprint density at radius 2 is 2.00 bits per heavy atom. The van der Waals surface area contributed by atoms with E-state index >= 15 is 0 Å². The fourth-order valence-electron chi connectivity index (χ4n) is 0.808. The third kappa shape index (κ3) is 3.96. The predicted octanol–water partition coefficient (Wildman–Crippen LogP) is 2.13. The molecule has 0 saturated heterocycles. The summed E-state index contributed by atoms with van der Waals surface area (Å²) in [4.78, 5) is 15.6. The molecule has 1 amide bonds. The number of halogens is 2. The van der Waals surface area contributed by atoms with Gasteiger partial charge in [-0.05, 0) is 17.7 Å². The number of amides is 1. The number of hydroxylamine groups is 1. The highest BCUT2D eigenvalue weighted by Gasteiger charge is 1.97. The second-order valence-electron chi connectivity index (χ2n) is 2.57. The van der Waals surface area contributed by atoms with Gasteiger partial charge in [-0.15, -0.1) is 11.6 Å². The summed E-state index contributed by atoms with van der Waals surface area (Å²) in [6, 6.07) is 7.14. The van der Waals surface area contributed by atoms with E-state index in [1.165, 1.54) is 0 Å². The molecule has 0 fully saturated rings. The molecule has 0 saturated carbocycles. The van der Waals surface area contributed by atoms with Gasteiger partial charge in [-0.25, -0.2) is 5.48 Å². The highest BCUT2D eigenvalue weighted by molar-refractivity contribution is 6.30. The van der Waals surface area contributed by atoms with Crippen LogP contribution >= 0.6 is 23.2 Å². The van der Waals surface area contributed by atoms with Crippen LogP contribution in [0.1, 0.15) is 5.56 Å². The topological polar surface area (TPSA) is 38.3 Å². The van der Waals surface area contributed by atoms with Crippen LogP contribution in [0.5, 0.6) is 0 Å². The van der Waals surface area contributed by atoms with E-state index in [2.05, 4.69) is 5.48 Å². The average Bonchev–Trinajstić information content (AvgIpc) is 2.21. The van der Waals surface area contributed by atoms with Gasteiger partial charge in [0.15, 0.2) is 0 Å². The van der Waals surface area contributed by atoms with E-state index in [1.807, 2.05) is 12.1 Å². The molecular formula is C9H9Cl2NO2. The maximum Gasteiger partial charge on any atom is 0.258 e. The van der Waals surface area contributed by atoms with Crippen molar-refractivity contribution in [1.29, 1.82) is 0 Å². The molecule has 3 nitrogen and oxygen atoms in total. The van der Waals surface area contributed by atoms with Crippen molar-refractivity contribution in [3.8, 4) is 0 Å². The number of rotatable bonds is 4. The first kappa shape index (κ1) is 11.3. The molecule has 0 atom stereocenters. The highest BCUT2D eigenvalue weighted by atomic mass is 35.5. The van der Waals surface area contributed by atoms with E-state index in [1.54, 1.807) is 12.1 Å². The number of hydrogen-bond acceptors (Lipinski definition) is 2. The molecule has 0 unspecified atom stereocenters. The Balaban J connectivity index is 2.31. The average molecular weight is 234 g/mol. The minimum absolute atomic E-state index is 0.110. The summed E-state index contributed by atoms with van der Waals surface area (Å²) in [6.07, 6.45) is 0. The first-order valence-corrected chi connectivity index (χ1v) is 4.84. The summed E-state index contributed by atoms with van der Waals surface area (Å²) in [5.74, 6) is -0.471. The first-order valence-electron chi connectivity index (χ1n) is 3.93. The van der Waals surface area contributed by atoms with Crippen LogP contribution in [0.4, 0.5) is 0 Å². The maximum atomic E-state index is 10.7. The SMILES string of the molecule is O=C(CCl)NOCc1ccc(Cl)cc1. The van der Waals surface area contributed by atoms with E-state index < -0.39 is 0 Å². The maximum absolute atomic E-state index is 10.7. The van der Waals surface area contributed by atoms with Crippen molar-refractivity contribution in [2.24, 2.45) is 0 Å². The van der Waals surface area contributed by atoms with Crippen molar-refractivity contribution in [3.63, 3.8) is 0 Å². The van der Waals surface area contributed by atoms with Gasteiger partial charge in [0, 0.05) is 5.02 Å². The summed E-state index contributed by atoms with van der Waals surface area (Å²) in [7, 11) is 0. The van der Waals surface area contributed by atoms with Gasteiger partial charge in [-0.1, -0.05) is 23.7 Å². The zero-order chi connectivity index (χ0) is 10.4. The lowest BCUT2D eigenvalue weighted by Gasteiger charge is -2.03. The number of nitrogens with one attached hydrogen (secondary N) is 1. The third-order valence-electron chi connectivity index (χ3n) is 1.46. The summed E-state index contributed by atoms with van der Waals surface area (Å²) in [6.45, 7) is 0.291. The quantitative estimate of drug-likeness (QED) is 0.640. The third-order valence-corrected chi connectivity index (χ3v) is 1.95. The summed E-state index contributed by atoms with van der Waals surface area (Å²) in [5.41, 5.74) is 3.11. The Kier molecular flexibility index (Phi) is 4.73. The second kappa shape index (κ2) is 5.86. The lowest BCUT2D eigenvalue weighted by atomic mass is 10.2. The monoisotopic (exact) mass is 233 g/mol. The lowest BCUT2D eigenvalue weighted by Crippen LogP contribution is -2.24. The van der Waals surface area contributed by atoms with E-state index in [4.69, 9.17) is 28.0 Å². The summed E-state index contributed by atoms with van der Waals surface area (Å²) < 4.78 is 0. The van der Waals surface area contributed by atoms with Crippen LogP contribution in [0, 0.1) is 0 Å². The van der Waals surface area contributed by atoms with Gasteiger partial charge in [0.2, 0.25) is 0 Å². The molecule has 0 aliphatic heterocycles. The normalized spacial score (nSPS) is 9.86. The van der Waals surface area contributed by atoms with Crippen LogP contribution < -0.4 is 5.48 Å². The van der Waals surface area contributed by atoms with Crippen LogP contribution in [0.2, 0.25) is 5.02 Å². The Labute approximate surface area is 91.9 Å². The van der Waals surface area contributed by atoms with E-state index in [0.717, 1.165) is 5.56 Å². The van der Waals surface area contributed by atoms with Gasteiger partial charge in [0.25, 0.3) is 5.91 Å². The van der Waals surface area contributed by atoms with Crippen LogP contribution in [0.3, 0.4) is 0 Å². The molecule has 1 aromatic rings. The number of carbonyl (C=O) groups is 1. The zero-order valence-corrected chi connectivity index (χ0v) is 8.81. The Morgan fingerprint density at radius 1 is 1.36 bits per heavy atom. The van der Waals surface area contributed by atoms with Crippen LogP contribution in [0.15, 0.2) is 24.3 Å². The molecule has 1 aromatic carbocycles. The molecule has 0 aromatic heterocycles. The molecule has 0 spiro atoms. The van der Waals surface area contributed by atoms with Crippen LogP contribution in [0.25, 0.3) is 0 Å². The summed E-state index contributed by atoms with van der Waals surface area (Å²) >= 11 is 10.9. The molecule has 0 bridgehead atoms. The van der Waals surface area contributed by atoms with E-state index in [-0.39, 0.29) is 11.8 Å². The highest BCUT2D eigenvalue weighted by Crippen LogP contribution is 2.09. The van der Waals surface area contributed by atoms with E-state index in [9.17, 15) is 4.79 Å². The molecule has 1 N–H and O–H groups in total. The first-order chi connectivity index (χ1) is 6.72. The number of benzene rings is 1. The van der Waals surface area contributed by atoms with Gasteiger partial charge in [-0.2, -0.15) is 0 Å². The standard InChI is InChI=1S/C9H9Cl2NO2/c10-5-9(13)12-14-6-7-1-3-8(11)4-2-7/h1-4H,5-6H2,(H,12,13). The number of hydrogen-bond donors (Lipinski definition) is 1. The lowest BCUT2D eigenvalue weighted by molar-refractivity contribution is -0.131. The van der Waals surface area contributed by atoms with Crippen molar-refractivity contribution in [2.75, 3.05) is 5.88 Å². The smallest absolute Gasteiger partial charge is 0.258 e. The van der Waals surface area contributed by atoms with Crippen molar-refractivity contribution < 1.29 is 9.63 Å². The number of alkyl halides is 1. The van der Waals surface area contributed by atoms with Crippen LogP contribution in [-0.2, 0) is 16.2 Å². The minimum atomic E-state index is -0.361. The van der Waals surface area contributed by atoms with Gasteiger partial charge in [0.1, 0.15) is 5.88 Å². The molecule has 1 rings (SSSR count). The molecule has 0 aliphatic carbocycles. The Morgan fingerprint density at radius 3 is 2.57 bits per heavy atom. The molecule has 0 radical (unpaired) electrons. The fraction of sp³-hybridized carbons (Fsp3) is 0.222. The second-order valence-corrected chi connectivity index (χ2v) is 3.28. The molecule has 14 heavy (non-hydrogen) atoms. The Bertz CT molecular complexity index is 300. The zero-order valence-electron chi connectivity index (χ0n) is 7.30. The number of carbonyl (C=O) groups excluding carboxylic acids is 1. The Hall–Kier alpha value is -0.770. The van der Waals surface area contributed by atoms with Crippen molar-refractivity contribution in [2.45, 2.75) is 6.61 Å². The molecule has 0 aliphatic rings. The predicted molar refractivity (Wildman–Crippen MR) is 55.1 cm³/mol. The van der Waals surface area contributed by atoms with Gasteiger partial charge in [-0.3, -0.25) is 9.63 Å².